The molecule has 82 valence electrons. The Kier molecular flexibility index (Phi) is 2.81. The molecule has 0 fully saturated rings. The highest BCUT2D eigenvalue weighted by Gasteiger charge is 2.07. The van der Waals surface area contributed by atoms with E-state index in [1.807, 2.05) is 6.92 Å². The summed E-state index contributed by atoms with van der Waals surface area (Å²) >= 11 is 0. The van der Waals surface area contributed by atoms with Gasteiger partial charge in [0.05, 0.1) is 11.9 Å². The smallest absolute Gasteiger partial charge is 0.124 e. The van der Waals surface area contributed by atoms with Crippen molar-refractivity contribution in [2.75, 3.05) is 0 Å². The Labute approximate surface area is 92.5 Å². The molecule has 0 aliphatic heterocycles. The third-order valence-corrected chi connectivity index (χ3v) is 2.49. The van der Waals surface area contributed by atoms with Crippen molar-refractivity contribution in [2.45, 2.75) is 13.3 Å². The van der Waals surface area contributed by atoms with E-state index in [0.29, 0.717) is 6.42 Å². The van der Waals surface area contributed by atoms with Crippen LogP contribution in [0.4, 0.5) is 4.39 Å². The number of halogens is 1. The van der Waals surface area contributed by atoms with Gasteiger partial charge in [-0.05, 0) is 31.2 Å². The minimum atomic E-state index is -0.276. The Morgan fingerprint density at radius 1 is 1.38 bits per heavy atom. The Balaban J connectivity index is 2.40. The predicted octanol–water partition coefficient (Wildman–Crippen LogP) is 2.06. The second kappa shape index (κ2) is 4.26. The molecule has 1 heterocycles. The summed E-state index contributed by atoms with van der Waals surface area (Å²) in [6.45, 7) is 1.88. The molecular formula is C12H11FN2O. The van der Waals surface area contributed by atoms with Gasteiger partial charge in [-0.3, -0.25) is 0 Å². The summed E-state index contributed by atoms with van der Waals surface area (Å²) in [7, 11) is 0. The van der Waals surface area contributed by atoms with E-state index in [-0.39, 0.29) is 5.82 Å². The fourth-order valence-electron chi connectivity index (χ4n) is 1.58. The molecule has 0 aliphatic rings. The SMILES string of the molecule is Cc1c(CC=O)cnn1-c1ccc(F)cc1. The third kappa shape index (κ3) is 1.86. The minimum absolute atomic E-state index is 0.276. The Bertz CT molecular complexity index is 502. The van der Waals surface area contributed by atoms with Crippen LogP contribution >= 0.6 is 0 Å². The number of aromatic nitrogens is 2. The summed E-state index contributed by atoms with van der Waals surface area (Å²) in [6, 6.07) is 6.08. The number of aldehydes is 1. The highest BCUT2D eigenvalue weighted by atomic mass is 19.1. The maximum atomic E-state index is 12.8. The van der Waals surface area contributed by atoms with Crippen LogP contribution in [-0.4, -0.2) is 16.1 Å². The summed E-state index contributed by atoms with van der Waals surface area (Å²) in [6.07, 6.45) is 2.86. The van der Waals surface area contributed by atoms with Crippen molar-refractivity contribution in [3.8, 4) is 5.69 Å². The molecule has 1 aromatic carbocycles. The lowest BCUT2D eigenvalue weighted by atomic mass is 10.2. The Morgan fingerprint density at radius 2 is 2.06 bits per heavy atom. The van der Waals surface area contributed by atoms with Crippen molar-refractivity contribution in [3.05, 3.63) is 47.5 Å². The number of nitrogens with zero attached hydrogens (tertiary/aromatic N) is 2. The van der Waals surface area contributed by atoms with Crippen molar-refractivity contribution in [2.24, 2.45) is 0 Å². The average molecular weight is 218 g/mol. The number of carbonyl (C=O) groups is 1. The maximum absolute atomic E-state index is 12.8. The van der Waals surface area contributed by atoms with Crippen LogP contribution in [-0.2, 0) is 11.2 Å². The quantitative estimate of drug-likeness (QED) is 0.739. The number of rotatable bonds is 3. The molecule has 0 saturated heterocycles. The fourth-order valence-corrected chi connectivity index (χ4v) is 1.58. The van der Waals surface area contributed by atoms with Crippen LogP contribution in [0.1, 0.15) is 11.3 Å². The summed E-state index contributed by atoms with van der Waals surface area (Å²) in [5, 5.41) is 4.17. The van der Waals surface area contributed by atoms with Crippen LogP contribution in [0.15, 0.2) is 30.5 Å². The zero-order chi connectivity index (χ0) is 11.5. The summed E-state index contributed by atoms with van der Waals surface area (Å²) < 4.78 is 14.4. The van der Waals surface area contributed by atoms with Gasteiger partial charge in [0, 0.05) is 17.7 Å². The molecule has 0 atom stereocenters. The number of benzene rings is 1. The van der Waals surface area contributed by atoms with Crippen LogP contribution in [0.2, 0.25) is 0 Å². The van der Waals surface area contributed by atoms with Crippen molar-refractivity contribution in [1.29, 1.82) is 0 Å². The van der Waals surface area contributed by atoms with Crippen molar-refractivity contribution in [1.82, 2.24) is 9.78 Å². The Morgan fingerprint density at radius 3 is 2.69 bits per heavy atom. The first kappa shape index (κ1) is 10.5. The van der Waals surface area contributed by atoms with E-state index in [4.69, 9.17) is 0 Å². The van der Waals surface area contributed by atoms with E-state index in [1.165, 1.54) is 12.1 Å². The van der Waals surface area contributed by atoms with Gasteiger partial charge in [-0.1, -0.05) is 0 Å². The summed E-state index contributed by atoms with van der Waals surface area (Å²) in [5.41, 5.74) is 2.58. The molecule has 4 heteroatoms. The standard InChI is InChI=1S/C12H11FN2O/c1-9-10(6-7-16)8-14-15(9)12-4-2-11(13)3-5-12/h2-5,7-8H,6H2,1H3. The molecule has 0 spiro atoms. The maximum Gasteiger partial charge on any atom is 0.124 e. The molecule has 16 heavy (non-hydrogen) atoms. The van der Waals surface area contributed by atoms with Gasteiger partial charge >= 0.3 is 0 Å². The lowest BCUT2D eigenvalue weighted by Gasteiger charge is -2.04. The van der Waals surface area contributed by atoms with E-state index < -0.39 is 0 Å². The first-order chi connectivity index (χ1) is 7.72. The molecule has 1 aromatic heterocycles. The van der Waals surface area contributed by atoms with Crippen LogP contribution in [0, 0.1) is 12.7 Å². The van der Waals surface area contributed by atoms with Crippen molar-refractivity contribution in [3.63, 3.8) is 0 Å². The summed E-state index contributed by atoms with van der Waals surface area (Å²) in [5.74, 6) is -0.276. The summed E-state index contributed by atoms with van der Waals surface area (Å²) in [4.78, 5) is 10.4. The van der Waals surface area contributed by atoms with Gasteiger partial charge in [-0.2, -0.15) is 5.10 Å². The molecule has 0 aliphatic carbocycles. The number of carbonyl (C=O) groups excluding carboxylic acids is 1. The molecule has 3 nitrogen and oxygen atoms in total. The van der Waals surface area contributed by atoms with Gasteiger partial charge in [-0.25, -0.2) is 9.07 Å². The monoisotopic (exact) mass is 218 g/mol. The van der Waals surface area contributed by atoms with E-state index in [0.717, 1.165) is 23.2 Å². The van der Waals surface area contributed by atoms with E-state index >= 15 is 0 Å². The highest BCUT2D eigenvalue weighted by molar-refractivity contribution is 5.55. The third-order valence-electron chi connectivity index (χ3n) is 2.49. The van der Waals surface area contributed by atoms with Crippen molar-refractivity contribution < 1.29 is 9.18 Å². The van der Waals surface area contributed by atoms with E-state index in [1.54, 1.807) is 23.0 Å². The van der Waals surface area contributed by atoms with Crippen molar-refractivity contribution >= 4 is 6.29 Å². The van der Waals surface area contributed by atoms with Gasteiger partial charge < -0.3 is 4.79 Å². The molecule has 0 N–H and O–H groups in total. The van der Waals surface area contributed by atoms with Gasteiger partial charge in [-0.15, -0.1) is 0 Å². The first-order valence-electron chi connectivity index (χ1n) is 4.95. The zero-order valence-corrected chi connectivity index (χ0v) is 8.85. The topological polar surface area (TPSA) is 34.9 Å². The fraction of sp³-hybridized carbons (Fsp3) is 0.167. The molecule has 0 amide bonds. The minimum Gasteiger partial charge on any atom is -0.303 e. The number of hydrogen-bond acceptors (Lipinski definition) is 2. The van der Waals surface area contributed by atoms with E-state index in [9.17, 15) is 9.18 Å². The largest absolute Gasteiger partial charge is 0.303 e. The molecule has 2 rings (SSSR count). The second-order valence-corrected chi connectivity index (χ2v) is 3.51. The molecule has 0 radical (unpaired) electrons. The Hall–Kier alpha value is -1.97. The zero-order valence-electron chi connectivity index (χ0n) is 8.85. The lowest BCUT2D eigenvalue weighted by molar-refractivity contribution is -0.107. The molecule has 0 unspecified atom stereocenters. The van der Waals surface area contributed by atoms with Gasteiger partial charge in [0.2, 0.25) is 0 Å². The second-order valence-electron chi connectivity index (χ2n) is 3.51. The van der Waals surface area contributed by atoms with Crippen LogP contribution in [0.3, 0.4) is 0 Å². The molecule has 0 bridgehead atoms. The molecular weight excluding hydrogens is 207 g/mol. The number of hydrogen-bond donors (Lipinski definition) is 0. The van der Waals surface area contributed by atoms with Crippen LogP contribution in [0.5, 0.6) is 0 Å². The van der Waals surface area contributed by atoms with Gasteiger partial charge in [0.1, 0.15) is 12.1 Å². The lowest BCUT2D eigenvalue weighted by Crippen LogP contribution is -1.99. The molecule has 2 aromatic rings. The van der Waals surface area contributed by atoms with Crippen LogP contribution < -0.4 is 0 Å². The van der Waals surface area contributed by atoms with Crippen LogP contribution in [0.25, 0.3) is 5.69 Å². The highest BCUT2D eigenvalue weighted by Crippen LogP contribution is 2.14. The normalized spacial score (nSPS) is 10.4. The van der Waals surface area contributed by atoms with E-state index in [2.05, 4.69) is 5.10 Å². The predicted molar refractivity (Wildman–Crippen MR) is 58.0 cm³/mol. The van der Waals surface area contributed by atoms with Gasteiger partial charge in [0.25, 0.3) is 0 Å². The first-order valence-corrected chi connectivity index (χ1v) is 4.95. The average Bonchev–Trinajstić information content (AvgIpc) is 2.63. The van der Waals surface area contributed by atoms with Gasteiger partial charge in [0.15, 0.2) is 0 Å². The molecule has 0 saturated carbocycles.